The zero-order valence-electron chi connectivity index (χ0n) is 12.0. The molecule has 1 aliphatic heterocycles. The van der Waals surface area contributed by atoms with Gasteiger partial charge in [0.25, 0.3) is 5.91 Å². The molecule has 2 aromatic rings. The number of nitrogens with one attached hydrogen (secondary N) is 1. The van der Waals surface area contributed by atoms with Crippen molar-refractivity contribution in [1.82, 2.24) is 4.98 Å². The van der Waals surface area contributed by atoms with Crippen molar-refractivity contribution in [2.24, 2.45) is 0 Å². The average molecular weight is 301 g/mol. The Hall–Kier alpha value is -2.47. The third-order valence-corrected chi connectivity index (χ3v) is 3.48. The van der Waals surface area contributed by atoms with Gasteiger partial charge in [0.15, 0.2) is 0 Å². The number of halogens is 1. The lowest BCUT2D eigenvalue weighted by atomic mass is 10.2. The molecule has 0 bridgehead atoms. The lowest BCUT2D eigenvalue weighted by Crippen LogP contribution is -2.36. The first-order chi connectivity index (χ1) is 10.7. The van der Waals surface area contributed by atoms with E-state index in [0.29, 0.717) is 37.6 Å². The number of pyridine rings is 1. The van der Waals surface area contributed by atoms with Crippen molar-refractivity contribution in [3.8, 4) is 0 Å². The van der Waals surface area contributed by atoms with Gasteiger partial charge in [-0.15, -0.1) is 0 Å². The Bertz CT molecular complexity index is 658. The summed E-state index contributed by atoms with van der Waals surface area (Å²) in [6, 6.07) is 7.75. The topological polar surface area (TPSA) is 54.5 Å². The second-order valence-electron chi connectivity index (χ2n) is 4.96. The molecular formula is C16H16FN3O2. The SMILES string of the molecule is O=C(Nc1cc(F)ccc1N1CCOCC1)c1cccnc1. The van der Waals surface area contributed by atoms with Gasteiger partial charge < -0.3 is 15.0 Å². The molecule has 1 amide bonds. The number of hydrogen-bond donors (Lipinski definition) is 1. The molecule has 114 valence electrons. The monoisotopic (exact) mass is 301 g/mol. The largest absolute Gasteiger partial charge is 0.378 e. The summed E-state index contributed by atoms with van der Waals surface area (Å²) in [5, 5.41) is 2.76. The van der Waals surface area contributed by atoms with Crippen molar-refractivity contribution in [2.75, 3.05) is 36.5 Å². The molecule has 0 radical (unpaired) electrons. The number of benzene rings is 1. The lowest BCUT2D eigenvalue weighted by Gasteiger charge is -2.30. The van der Waals surface area contributed by atoms with Crippen LogP contribution in [0.15, 0.2) is 42.7 Å². The van der Waals surface area contributed by atoms with Crippen LogP contribution in [-0.4, -0.2) is 37.2 Å². The number of nitrogens with zero attached hydrogens (tertiary/aromatic N) is 2. The summed E-state index contributed by atoms with van der Waals surface area (Å²) >= 11 is 0. The van der Waals surface area contributed by atoms with E-state index in [1.807, 2.05) is 0 Å². The maximum absolute atomic E-state index is 13.6. The van der Waals surface area contributed by atoms with Gasteiger partial charge >= 0.3 is 0 Å². The van der Waals surface area contributed by atoms with Crippen molar-refractivity contribution in [3.63, 3.8) is 0 Å². The normalized spacial score (nSPS) is 14.7. The first kappa shape index (κ1) is 14.5. The van der Waals surface area contributed by atoms with E-state index < -0.39 is 5.82 Å². The Labute approximate surface area is 127 Å². The zero-order valence-corrected chi connectivity index (χ0v) is 12.0. The molecule has 0 spiro atoms. The van der Waals surface area contributed by atoms with Crippen LogP contribution in [0.1, 0.15) is 10.4 Å². The van der Waals surface area contributed by atoms with E-state index >= 15 is 0 Å². The van der Waals surface area contributed by atoms with Crippen LogP contribution >= 0.6 is 0 Å². The van der Waals surface area contributed by atoms with Crippen molar-refractivity contribution in [3.05, 3.63) is 54.1 Å². The van der Waals surface area contributed by atoms with Gasteiger partial charge in [-0.05, 0) is 30.3 Å². The van der Waals surface area contributed by atoms with E-state index in [2.05, 4.69) is 15.2 Å². The van der Waals surface area contributed by atoms with Crippen molar-refractivity contribution < 1.29 is 13.9 Å². The van der Waals surface area contributed by atoms with Crippen LogP contribution in [0.3, 0.4) is 0 Å². The van der Waals surface area contributed by atoms with Crippen LogP contribution in [0.4, 0.5) is 15.8 Å². The van der Waals surface area contributed by atoms with E-state index in [-0.39, 0.29) is 5.91 Å². The molecule has 3 rings (SSSR count). The molecule has 1 fully saturated rings. The fourth-order valence-corrected chi connectivity index (χ4v) is 2.38. The molecule has 1 saturated heterocycles. The van der Waals surface area contributed by atoms with E-state index in [1.165, 1.54) is 18.3 Å². The number of amides is 1. The van der Waals surface area contributed by atoms with E-state index in [9.17, 15) is 9.18 Å². The van der Waals surface area contributed by atoms with Gasteiger partial charge in [-0.25, -0.2) is 4.39 Å². The summed E-state index contributed by atoms with van der Waals surface area (Å²) in [7, 11) is 0. The van der Waals surface area contributed by atoms with Crippen LogP contribution in [-0.2, 0) is 4.74 Å². The zero-order chi connectivity index (χ0) is 15.4. The third kappa shape index (κ3) is 3.23. The molecule has 2 heterocycles. The molecular weight excluding hydrogens is 285 g/mol. The van der Waals surface area contributed by atoms with Gasteiger partial charge in [-0.3, -0.25) is 9.78 Å². The molecule has 1 N–H and O–H groups in total. The number of ether oxygens (including phenoxy) is 1. The summed E-state index contributed by atoms with van der Waals surface area (Å²) in [6.07, 6.45) is 3.07. The Morgan fingerprint density at radius 1 is 1.27 bits per heavy atom. The predicted molar refractivity (Wildman–Crippen MR) is 81.6 cm³/mol. The molecule has 6 heteroatoms. The Morgan fingerprint density at radius 3 is 2.82 bits per heavy atom. The quantitative estimate of drug-likeness (QED) is 0.945. The van der Waals surface area contributed by atoms with Crippen LogP contribution < -0.4 is 10.2 Å². The van der Waals surface area contributed by atoms with Gasteiger partial charge in [0.05, 0.1) is 30.2 Å². The first-order valence-electron chi connectivity index (χ1n) is 7.07. The van der Waals surface area contributed by atoms with Gasteiger partial charge in [-0.1, -0.05) is 0 Å². The molecule has 0 aliphatic carbocycles. The summed E-state index contributed by atoms with van der Waals surface area (Å²) in [6.45, 7) is 2.66. The molecule has 0 saturated carbocycles. The molecule has 5 nitrogen and oxygen atoms in total. The molecule has 1 aromatic carbocycles. The second-order valence-corrected chi connectivity index (χ2v) is 4.96. The maximum Gasteiger partial charge on any atom is 0.257 e. The fourth-order valence-electron chi connectivity index (χ4n) is 2.38. The van der Waals surface area contributed by atoms with Crippen molar-refractivity contribution >= 4 is 17.3 Å². The number of rotatable bonds is 3. The highest BCUT2D eigenvalue weighted by Crippen LogP contribution is 2.28. The number of aromatic nitrogens is 1. The molecule has 1 aliphatic rings. The van der Waals surface area contributed by atoms with Gasteiger partial charge in [-0.2, -0.15) is 0 Å². The third-order valence-electron chi connectivity index (χ3n) is 3.48. The highest BCUT2D eigenvalue weighted by Gasteiger charge is 2.17. The van der Waals surface area contributed by atoms with Gasteiger partial charge in [0.1, 0.15) is 5.82 Å². The first-order valence-corrected chi connectivity index (χ1v) is 7.07. The second kappa shape index (κ2) is 6.53. The highest BCUT2D eigenvalue weighted by atomic mass is 19.1. The van der Waals surface area contributed by atoms with Crippen molar-refractivity contribution in [1.29, 1.82) is 0 Å². The number of carbonyl (C=O) groups is 1. The fraction of sp³-hybridized carbons (Fsp3) is 0.250. The average Bonchev–Trinajstić information content (AvgIpc) is 2.56. The summed E-state index contributed by atoms with van der Waals surface area (Å²) in [5.41, 5.74) is 1.68. The van der Waals surface area contributed by atoms with Gasteiger partial charge in [0, 0.05) is 25.5 Å². The Balaban J connectivity index is 1.85. The van der Waals surface area contributed by atoms with Gasteiger partial charge in [0.2, 0.25) is 0 Å². The van der Waals surface area contributed by atoms with Crippen LogP contribution in [0, 0.1) is 5.82 Å². The van der Waals surface area contributed by atoms with E-state index in [1.54, 1.807) is 24.4 Å². The van der Waals surface area contributed by atoms with Crippen LogP contribution in [0.5, 0.6) is 0 Å². The highest BCUT2D eigenvalue weighted by molar-refractivity contribution is 6.05. The van der Waals surface area contributed by atoms with E-state index in [4.69, 9.17) is 4.74 Å². The Morgan fingerprint density at radius 2 is 2.09 bits per heavy atom. The number of morpholine rings is 1. The minimum Gasteiger partial charge on any atom is -0.378 e. The number of hydrogen-bond acceptors (Lipinski definition) is 4. The smallest absolute Gasteiger partial charge is 0.257 e. The summed E-state index contributed by atoms with van der Waals surface area (Å²) < 4.78 is 18.9. The minimum absolute atomic E-state index is 0.312. The summed E-state index contributed by atoms with van der Waals surface area (Å²) in [5.74, 6) is -0.702. The molecule has 1 aromatic heterocycles. The standard InChI is InChI=1S/C16H16FN3O2/c17-13-3-4-15(20-6-8-22-9-7-20)14(10-13)19-16(21)12-2-1-5-18-11-12/h1-5,10-11H,6-9H2,(H,19,21). The molecule has 22 heavy (non-hydrogen) atoms. The van der Waals surface area contributed by atoms with E-state index in [0.717, 1.165) is 5.69 Å². The van der Waals surface area contributed by atoms with Crippen LogP contribution in [0.2, 0.25) is 0 Å². The predicted octanol–water partition coefficient (Wildman–Crippen LogP) is 2.31. The lowest BCUT2D eigenvalue weighted by molar-refractivity contribution is 0.102. The number of carbonyl (C=O) groups excluding carboxylic acids is 1. The molecule has 0 unspecified atom stereocenters. The minimum atomic E-state index is -0.390. The maximum atomic E-state index is 13.6. The van der Waals surface area contributed by atoms with Crippen LogP contribution in [0.25, 0.3) is 0 Å². The molecule has 0 atom stereocenters. The summed E-state index contributed by atoms with van der Waals surface area (Å²) in [4.78, 5) is 18.2. The Kier molecular flexibility index (Phi) is 4.29. The van der Waals surface area contributed by atoms with Crippen molar-refractivity contribution in [2.45, 2.75) is 0 Å². The number of anilines is 2.